The number of anilines is 1. The molecule has 2 atom stereocenters. The molecular weight excluding hydrogens is 268 g/mol. The van der Waals surface area contributed by atoms with Crippen LogP contribution in [-0.2, 0) is 9.53 Å². The highest BCUT2D eigenvalue weighted by Gasteiger charge is 2.27. The van der Waals surface area contributed by atoms with Gasteiger partial charge in [0.1, 0.15) is 0 Å². The van der Waals surface area contributed by atoms with E-state index in [1.807, 2.05) is 0 Å². The lowest BCUT2D eigenvalue weighted by atomic mass is 9.92. The number of esters is 1. The zero-order valence-electron chi connectivity index (χ0n) is 12.5. The third-order valence-corrected chi connectivity index (χ3v) is 3.72. The second kappa shape index (κ2) is 7.22. The van der Waals surface area contributed by atoms with E-state index in [-0.39, 0.29) is 17.9 Å². The van der Waals surface area contributed by atoms with Gasteiger partial charge >= 0.3 is 5.97 Å². The lowest BCUT2D eigenvalue weighted by molar-refractivity contribution is -0.119. The van der Waals surface area contributed by atoms with E-state index in [1.54, 1.807) is 31.2 Å². The van der Waals surface area contributed by atoms with Crippen LogP contribution in [0.1, 0.15) is 37.0 Å². The molecule has 1 aromatic rings. The van der Waals surface area contributed by atoms with E-state index in [2.05, 4.69) is 17.6 Å². The molecule has 2 unspecified atom stereocenters. The Morgan fingerprint density at radius 1 is 1.33 bits per heavy atom. The van der Waals surface area contributed by atoms with E-state index in [1.165, 1.54) is 0 Å². The molecule has 1 heterocycles. The molecule has 0 saturated carbocycles. The van der Waals surface area contributed by atoms with Crippen molar-refractivity contribution < 1.29 is 14.3 Å². The number of benzene rings is 1. The highest BCUT2D eigenvalue weighted by Crippen LogP contribution is 2.18. The zero-order chi connectivity index (χ0) is 15.2. The Balaban J connectivity index is 1.96. The van der Waals surface area contributed by atoms with Gasteiger partial charge in [0.25, 0.3) is 0 Å². The van der Waals surface area contributed by atoms with Crippen molar-refractivity contribution in [1.82, 2.24) is 5.32 Å². The van der Waals surface area contributed by atoms with Crippen LogP contribution in [0.5, 0.6) is 0 Å². The van der Waals surface area contributed by atoms with E-state index >= 15 is 0 Å². The second-order valence-corrected chi connectivity index (χ2v) is 5.34. The molecule has 2 N–H and O–H groups in total. The Hall–Kier alpha value is -1.88. The van der Waals surface area contributed by atoms with Crippen molar-refractivity contribution in [2.45, 2.75) is 32.7 Å². The van der Waals surface area contributed by atoms with Crippen LogP contribution in [0.2, 0.25) is 0 Å². The minimum Gasteiger partial charge on any atom is -0.462 e. The highest BCUT2D eigenvalue weighted by atomic mass is 16.5. The molecule has 0 aliphatic carbocycles. The fourth-order valence-electron chi connectivity index (χ4n) is 2.52. The number of carbonyl (C=O) groups is 2. The minimum absolute atomic E-state index is 0.0221. The maximum atomic E-state index is 12.2. The Morgan fingerprint density at radius 3 is 2.67 bits per heavy atom. The quantitative estimate of drug-likeness (QED) is 0.834. The van der Waals surface area contributed by atoms with Gasteiger partial charge in [-0.3, -0.25) is 4.79 Å². The van der Waals surface area contributed by atoms with Crippen LogP contribution in [0.25, 0.3) is 0 Å². The summed E-state index contributed by atoms with van der Waals surface area (Å²) >= 11 is 0. The van der Waals surface area contributed by atoms with Gasteiger partial charge in [-0.15, -0.1) is 0 Å². The van der Waals surface area contributed by atoms with Crippen molar-refractivity contribution in [3.05, 3.63) is 29.8 Å². The Bertz CT molecular complexity index is 499. The fourth-order valence-corrected chi connectivity index (χ4v) is 2.52. The molecular formula is C16H22N2O3. The van der Waals surface area contributed by atoms with Crippen molar-refractivity contribution in [2.75, 3.05) is 18.5 Å². The number of rotatable bonds is 4. The SMILES string of the molecule is CCOC(=O)c1ccc(NC(=O)C2NCCCC2C)cc1. The molecule has 21 heavy (non-hydrogen) atoms. The van der Waals surface area contributed by atoms with Crippen LogP contribution in [0, 0.1) is 5.92 Å². The smallest absolute Gasteiger partial charge is 0.338 e. The van der Waals surface area contributed by atoms with Crippen LogP contribution in [-0.4, -0.2) is 31.1 Å². The predicted octanol–water partition coefficient (Wildman–Crippen LogP) is 2.19. The molecule has 1 saturated heterocycles. The average molecular weight is 290 g/mol. The average Bonchev–Trinajstić information content (AvgIpc) is 2.48. The maximum Gasteiger partial charge on any atom is 0.338 e. The Morgan fingerprint density at radius 2 is 2.05 bits per heavy atom. The molecule has 5 nitrogen and oxygen atoms in total. The van der Waals surface area contributed by atoms with Crippen LogP contribution >= 0.6 is 0 Å². The van der Waals surface area contributed by atoms with E-state index in [9.17, 15) is 9.59 Å². The Kier molecular flexibility index (Phi) is 5.33. The van der Waals surface area contributed by atoms with Crippen LogP contribution in [0.15, 0.2) is 24.3 Å². The van der Waals surface area contributed by atoms with Crippen molar-refractivity contribution in [2.24, 2.45) is 5.92 Å². The molecule has 0 radical (unpaired) electrons. The minimum atomic E-state index is -0.349. The predicted molar refractivity (Wildman–Crippen MR) is 81.2 cm³/mol. The number of nitrogens with one attached hydrogen (secondary N) is 2. The van der Waals surface area contributed by atoms with Crippen LogP contribution in [0.4, 0.5) is 5.69 Å². The van der Waals surface area contributed by atoms with Crippen molar-refractivity contribution in [3.8, 4) is 0 Å². The Labute approximate surface area is 125 Å². The molecule has 1 aromatic carbocycles. The summed E-state index contributed by atoms with van der Waals surface area (Å²) in [6, 6.07) is 6.61. The zero-order valence-corrected chi connectivity index (χ0v) is 12.5. The van der Waals surface area contributed by atoms with Gasteiger partial charge < -0.3 is 15.4 Å². The summed E-state index contributed by atoms with van der Waals surface area (Å²) in [6.45, 7) is 5.08. The summed E-state index contributed by atoms with van der Waals surface area (Å²) in [4.78, 5) is 23.8. The van der Waals surface area contributed by atoms with Gasteiger partial charge in [-0.1, -0.05) is 6.92 Å². The number of amides is 1. The second-order valence-electron chi connectivity index (χ2n) is 5.34. The topological polar surface area (TPSA) is 67.4 Å². The number of piperidine rings is 1. The van der Waals surface area contributed by atoms with Gasteiger partial charge in [-0.2, -0.15) is 0 Å². The molecule has 1 aliphatic heterocycles. The van der Waals surface area contributed by atoms with Crippen molar-refractivity contribution in [3.63, 3.8) is 0 Å². The molecule has 1 amide bonds. The van der Waals surface area contributed by atoms with E-state index in [0.29, 0.717) is 23.8 Å². The first-order valence-electron chi connectivity index (χ1n) is 7.43. The van der Waals surface area contributed by atoms with Gasteiger partial charge in [-0.05, 0) is 56.5 Å². The standard InChI is InChI=1S/C16H22N2O3/c1-3-21-16(20)12-6-8-13(9-7-12)18-15(19)14-11(2)5-4-10-17-14/h6-9,11,14,17H,3-5,10H2,1-2H3,(H,18,19). The normalized spacial score (nSPS) is 21.6. The molecule has 114 valence electrons. The molecule has 0 aromatic heterocycles. The summed E-state index contributed by atoms with van der Waals surface area (Å²) in [7, 11) is 0. The molecule has 1 fully saturated rings. The van der Waals surface area contributed by atoms with E-state index < -0.39 is 0 Å². The van der Waals surface area contributed by atoms with Gasteiger partial charge in [0.2, 0.25) is 5.91 Å². The first-order chi connectivity index (χ1) is 10.1. The lowest BCUT2D eigenvalue weighted by Gasteiger charge is -2.28. The first-order valence-corrected chi connectivity index (χ1v) is 7.43. The van der Waals surface area contributed by atoms with Crippen molar-refractivity contribution >= 4 is 17.6 Å². The van der Waals surface area contributed by atoms with Crippen LogP contribution in [0.3, 0.4) is 0 Å². The molecule has 0 bridgehead atoms. The number of carbonyl (C=O) groups excluding carboxylic acids is 2. The van der Waals surface area contributed by atoms with Gasteiger partial charge in [0, 0.05) is 5.69 Å². The van der Waals surface area contributed by atoms with Crippen LogP contribution < -0.4 is 10.6 Å². The van der Waals surface area contributed by atoms with Gasteiger partial charge in [-0.25, -0.2) is 4.79 Å². The van der Waals surface area contributed by atoms with E-state index in [4.69, 9.17) is 4.74 Å². The highest BCUT2D eigenvalue weighted by molar-refractivity contribution is 5.96. The van der Waals surface area contributed by atoms with Gasteiger partial charge in [0.15, 0.2) is 0 Å². The maximum absolute atomic E-state index is 12.2. The number of hydrogen-bond acceptors (Lipinski definition) is 4. The summed E-state index contributed by atoms with van der Waals surface area (Å²) in [5.41, 5.74) is 1.17. The largest absolute Gasteiger partial charge is 0.462 e. The molecule has 0 spiro atoms. The fraction of sp³-hybridized carbons (Fsp3) is 0.500. The molecule has 5 heteroatoms. The first kappa shape index (κ1) is 15.5. The number of ether oxygens (including phenoxy) is 1. The summed E-state index contributed by atoms with van der Waals surface area (Å²) in [5, 5.41) is 6.14. The summed E-state index contributed by atoms with van der Waals surface area (Å²) in [6.07, 6.45) is 2.17. The monoisotopic (exact) mass is 290 g/mol. The van der Waals surface area contributed by atoms with E-state index in [0.717, 1.165) is 19.4 Å². The third-order valence-electron chi connectivity index (χ3n) is 3.72. The summed E-state index contributed by atoms with van der Waals surface area (Å²) < 4.78 is 4.92. The summed E-state index contributed by atoms with van der Waals surface area (Å²) in [5.74, 6) is -0.0402. The third kappa shape index (κ3) is 4.04. The number of hydrogen-bond donors (Lipinski definition) is 2. The van der Waals surface area contributed by atoms with Gasteiger partial charge in [0.05, 0.1) is 18.2 Å². The molecule has 1 aliphatic rings. The molecule has 2 rings (SSSR count). The lowest BCUT2D eigenvalue weighted by Crippen LogP contribution is -2.48. The van der Waals surface area contributed by atoms with Crippen molar-refractivity contribution in [1.29, 1.82) is 0 Å².